The topological polar surface area (TPSA) is 80.0 Å². The fourth-order valence-electron chi connectivity index (χ4n) is 4.20. The molecule has 4 heterocycles. The zero-order valence-corrected chi connectivity index (χ0v) is 16.0. The first kappa shape index (κ1) is 17.9. The van der Waals surface area contributed by atoms with Crippen LogP contribution in [0.2, 0.25) is 0 Å². The van der Waals surface area contributed by atoms with Crippen LogP contribution in [0.5, 0.6) is 0 Å². The van der Waals surface area contributed by atoms with Crippen molar-refractivity contribution in [3.05, 3.63) is 30.7 Å². The molecule has 1 saturated heterocycles. The predicted molar refractivity (Wildman–Crippen MR) is 105 cm³/mol. The molecule has 0 amide bonds. The van der Waals surface area contributed by atoms with Crippen LogP contribution in [-0.2, 0) is 7.05 Å². The minimum atomic E-state index is -0.0546. The van der Waals surface area contributed by atoms with E-state index in [1.807, 2.05) is 25.4 Å². The Bertz CT molecular complexity index is 921. The van der Waals surface area contributed by atoms with Crippen molar-refractivity contribution in [2.45, 2.75) is 32.6 Å². The van der Waals surface area contributed by atoms with Crippen LogP contribution in [0.15, 0.2) is 30.7 Å². The third-order valence-corrected chi connectivity index (χ3v) is 5.57. The summed E-state index contributed by atoms with van der Waals surface area (Å²) in [5.74, 6) is 1.56. The van der Waals surface area contributed by atoms with Gasteiger partial charge in [0.2, 0.25) is 0 Å². The molecule has 0 spiro atoms. The van der Waals surface area contributed by atoms with Crippen molar-refractivity contribution in [2.75, 3.05) is 24.6 Å². The van der Waals surface area contributed by atoms with Crippen LogP contribution in [-0.4, -0.2) is 49.5 Å². The Morgan fingerprint density at radius 2 is 2.15 bits per heavy atom. The Morgan fingerprint density at radius 3 is 2.89 bits per heavy atom. The molecule has 0 saturated carbocycles. The smallest absolute Gasteiger partial charge is 0.165 e. The van der Waals surface area contributed by atoms with Gasteiger partial charge in [-0.05, 0) is 31.4 Å². The van der Waals surface area contributed by atoms with Crippen LogP contribution in [0.1, 0.15) is 32.6 Å². The molecule has 1 aliphatic heterocycles. The number of nitrogens with zero attached hydrogens (tertiary/aromatic N) is 6. The number of hydrogen-bond acceptors (Lipinski definition) is 6. The van der Waals surface area contributed by atoms with Gasteiger partial charge < -0.3 is 10.0 Å². The molecule has 1 N–H and O–H groups in total. The van der Waals surface area contributed by atoms with Gasteiger partial charge in [0.25, 0.3) is 0 Å². The van der Waals surface area contributed by atoms with E-state index in [-0.39, 0.29) is 12.0 Å². The van der Waals surface area contributed by atoms with Gasteiger partial charge in [0, 0.05) is 43.5 Å². The fourth-order valence-corrected chi connectivity index (χ4v) is 4.20. The third kappa shape index (κ3) is 3.27. The number of rotatable bonds is 5. The highest BCUT2D eigenvalue weighted by atomic mass is 16.3. The minimum absolute atomic E-state index is 0.0546. The van der Waals surface area contributed by atoms with Crippen molar-refractivity contribution in [3.63, 3.8) is 0 Å². The lowest BCUT2D eigenvalue weighted by Crippen LogP contribution is -2.45. The molecule has 1 aliphatic rings. The Labute approximate surface area is 159 Å². The summed E-state index contributed by atoms with van der Waals surface area (Å²) in [6.07, 6.45) is 9.58. The molecule has 0 radical (unpaired) electrons. The number of anilines is 1. The van der Waals surface area contributed by atoms with Gasteiger partial charge in [0.1, 0.15) is 5.82 Å². The zero-order chi connectivity index (χ0) is 18.9. The van der Waals surface area contributed by atoms with Crippen molar-refractivity contribution < 1.29 is 5.11 Å². The maximum atomic E-state index is 10.1. The summed E-state index contributed by atoms with van der Waals surface area (Å²) in [6, 6.07) is 3.87. The van der Waals surface area contributed by atoms with Gasteiger partial charge in [-0.1, -0.05) is 13.3 Å². The lowest BCUT2D eigenvalue weighted by molar-refractivity contribution is 0.0953. The number of aliphatic hydroxyl groups excluding tert-OH is 1. The van der Waals surface area contributed by atoms with E-state index >= 15 is 0 Å². The fraction of sp³-hybridized carbons (Fsp3) is 0.500. The first-order valence-electron chi connectivity index (χ1n) is 9.62. The van der Waals surface area contributed by atoms with Gasteiger partial charge in [-0.25, -0.2) is 9.97 Å². The molecule has 0 aliphatic carbocycles. The Balaban J connectivity index is 1.81. The first-order valence-corrected chi connectivity index (χ1v) is 9.62. The van der Waals surface area contributed by atoms with E-state index in [0.717, 1.165) is 61.2 Å². The molecule has 142 valence electrons. The van der Waals surface area contributed by atoms with Gasteiger partial charge in [-0.2, -0.15) is 5.10 Å². The van der Waals surface area contributed by atoms with E-state index in [0.29, 0.717) is 5.82 Å². The number of aromatic nitrogens is 5. The summed E-state index contributed by atoms with van der Waals surface area (Å²) < 4.78 is 1.79. The van der Waals surface area contributed by atoms with Crippen LogP contribution < -0.4 is 4.90 Å². The van der Waals surface area contributed by atoms with Gasteiger partial charge in [0.05, 0.1) is 18.2 Å². The van der Waals surface area contributed by atoms with Gasteiger partial charge in [-0.3, -0.25) is 9.67 Å². The van der Waals surface area contributed by atoms with Crippen LogP contribution in [0.3, 0.4) is 0 Å². The van der Waals surface area contributed by atoms with E-state index in [1.165, 1.54) is 0 Å². The van der Waals surface area contributed by atoms with Gasteiger partial charge in [0.15, 0.2) is 11.5 Å². The maximum absolute atomic E-state index is 10.1. The molecule has 3 aromatic rings. The van der Waals surface area contributed by atoms with Gasteiger partial charge in [-0.15, -0.1) is 0 Å². The first-order chi connectivity index (χ1) is 13.2. The number of hydrogen-bond donors (Lipinski definition) is 1. The molecule has 3 aromatic heterocycles. The third-order valence-electron chi connectivity index (χ3n) is 5.57. The van der Waals surface area contributed by atoms with Crippen molar-refractivity contribution in [2.24, 2.45) is 12.5 Å². The second-order valence-electron chi connectivity index (χ2n) is 7.55. The van der Waals surface area contributed by atoms with E-state index in [4.69, 9.17) is 9.97 Å². The van der Waals surface area contributed by atoms with Crippen LogP contribution in [0.25, 0.3) is 22.4 Å². The van der Waals surface area contributed by atoms with E-state index in [2.05, 4.69) is 21.9 Å². The summed E-state index contributed by atoms with van der Waals surface area (Å²) in [5.41, 5.74) is 1.65. The maximum Gasteiger partial charge on any atom is 0.165 e. The summed E-state index contributed by atoms with van der Waals surface area (Å²) in [6.45, 7) is 4.14. The van der Waals surface area contributed by atoms with E-state index in [9.17, 15) is 5.11 Å². The molecule has 0 bridgehead atoms. The van der Waals surface area contributed by atoms with Crippen LogP contribution >= 0.6 is 0 Å². The molecule has 0 aromatic carbocycles. The summed E-state index contributed by atoms with van der Waals surface area (Å²) >= 11 is 0. The normalized spacial score (nSPS) is 20.3. The zero-order valence-electron chi connectivity index (χ0n) is 16.0. The minimum Gasteiger partial charge on any atom is -0.396 e. The highest BCUT2D eigenvalue weighted by molar-refractivity contribution is 5.88. The molecule has 1 fully saturated rings. The average molecular weight is 366 g/mol. The lowest BCUT2D eigenvalue weighted by Gasteiger charge is -2.42. The number of aryl methyl sites for hydroxylation is 1. The number of fused-ring (bicyclic) bond motifs is 1. The molecule has 4 rings (SSSR count). The molecule has 27 heavy (non-hydrogen) atoms. The largest absolute Gasteiger partial charge is 0.396 e. The highest BCUT2D eigenvalue weighted by Gasteiger charge is 2.35. The van der Waals surface area contributed by atoms with Crippen molar-refractivity contribution in [3.8, 4) is 11.4 Å². The molecular formula is C20H26N6O. The SMILES string of the molecule is CCC[C@]1(CO)CCCN(c2nc(-c3cccnc3)nc3c2cnn3C)C1. The Hall–Kier alpha value is -2.54. The van der Waals surface area contributed by atoms with Crippen molar-refractivity contribution >= 4 is 16.9 Å². The van der Waals surface area contributed by atoms with E-state index in [1.54, 1.807) is 17.1 Å². The molecule has 7 heteroatoms. The number of piperidine rings is 1. The Kier molecular flexibility index (Phi) is 4.78. The average Bonchev–Trinajstić information content (AvgIpc) is 3.09. The molecule has 0 unspecified atom stereocenters. The second kappa shape index (κ2) is 7.23. The van der Waals surface area contributed by atoms with Gasteiger partial charge >= 0.3 is 0 Å². The van der Waals surface area contributed by atoms with Crippen molar-refractivity contribution in [1.82, 2.24) is 24.7 Å². The molecular weight excluding hydrogens is 340 g/mol. The summed E-state index contributed by atoms with van der Waals surface area (Å²) in [4.78, 5) is 16.1. The lowest BCUT2D eigenvalue weighted by atomic mass is 9.77. The van der Waals surface area contributed by atoms with E-state index < -0.39 is 0 Å². The van der Waals surface area contributed by atoms with Crippen molar-refractivity contribution in [1.29, 1.82) is 0 Å². The molecule has 1 atom stereocenters. The molecule has 7 nitrogen and oxygen atoms in total. The number of pyridine rings is 1. The summed E-state index contributed by atoms with van der Waals surface area (Å²) in [7, 11) is 1.90. The highest BCUT2D eigenvalue weighted by Crippen LogP contribution is 2.37. The second-order valence-corrected chi connectivity index (χ2v) is 7.55. The number of aliphatic hydroxyl groups is 1. The van der Waals surface area contributed by atoms with Crippen LogP contribution in [0.4, 0.5) is 5.82 Å². The quantitative estimate of drug-likeness (QED) is 0.748. The monoisotopic (exact) mass is 366 g/mol. The standard InChI is InChI=1S/C20H26N6O/c1-3-7-20(14-27)8-5-10-26(13-20)19-16-12-22-25(2)18(16)23-17(24-19)15-6-4-9-21-11-15/h4,6,9,11-12,27H,3,5,7-8,10,13-14H2,1-2H3/t20-/m0/s1. The van der Waals surface area contributed by atoms with Crippen LogP contribution in [0, 0.1) is 5.41 Å². The summed E-state index contributed by atoms with van der Waals surface area (Å²) in [5, 5.41) is 15.5. The predicted octanol–water partition coefficient (Wildman–Crippen LogP) is 2.80. The Morgan fingerprint density at radius 1 is 1.26 bits per heavy atom.